The maximum atomic E-state index is 12.4. The summed E-state index contributed by atoms with van der Waals surface area (Å²) in [7, 11) is -2.30. The summed E-state index contributed by atoms with van der Waals surface area (Å²) in [5.41, 5.74) is 5.98. The fourth-order valence-electron chi connectivity index (χ4n) is 2.18. The number of methoxy groups -OCH3 is 1. The zero-order valence-corrected chi connectivity index (χ0v) is 14.1. The van der Waals surface area contributed by atoms with E-state index >= 15 is 0 Å². The Morgan fingerprint density at radius 1 is 1.48 bits per heavy atom. The summed E-state index contributed by atoms with van der Waals surface area (Å²) in [5, 5.41) is 9.02. The molecule has 1 aliphatic carbocycles. The number of ether oxygens (including phenoxy) is 1. The predicted molar refractivity (Wildman–Crippen MR) is 83.7 cm³/mol. The van der Waals surface area contributed by atoms with Gasteiger partial charge >= 0.3 is 0 Å². The van der Waals surface area contributed by atoms with Crippen molar-refractivity contribution < 1.29 is 18.3 Å². The lowest BCUT2D eigenvalue weighted by molar-refractivity contribution is 0.249. The van der Waals surface area contributed by atoms with Gasteiger partial charge in [-0.15, -0.1) is 0 Å². The molecule has 0 aromatic heterocycles. The van der Waals surface area contributed by atoms with Gasteiger partial charge in [-0.05, 0) is 52.7 Å². The molecule has 6 nitrogen and oxygen atoms in total. The zero-order valence-electron chi connectivity index (χ0n) is 11.7. The van der Waals surface area contributed by atoms with Crippen LogP contribution in [0.15, 0.2) is 21.5 Å². The lowest BCUT2D eigenvalue weighted by atomic mass is 10.0. The van der Waals surface area contributed by atoms with Gasteiger partial charge in [-0.2, -0.15) is 0 Å². The van der Waals surface area contributed by atoms with Crippen molar-refractivity contribution in [2.24, 2.45) is 5.41 Å². The number of sulfonamides is 1. The number of benzene rings is 1. The maximum absolute atomic E-state index is 12.4. The number of rotatable bonds is 7. The van der Waals surface area contributed by atoms with Crippen LogP contribution in [-0.2, 0) is 10.0 Å². The summed E-state index contributed by atoms with van der Waals surface area (Å²) < 4.78 is 33.2. The van der Waals surface area contributed by atoms with Gasteiger partial charge in [0.25, 0.3) is 0 Å². The number of hydrogen-bond acceptors (Lipinski definition) is 5. The molecule has 1 aromatic rings. The summed E-state index contributed by atoms with van der Waals surface area (Å²) >= 11 is 3.24. The molecular formula is C13H19BrN2O4S. The molecule has 0 aliphatic heterocycles. The molecule has 0 atom stereocenters. The number of nitrogen functional groups attached to an aromatic ring is 1. The van der Waals surface area contributed by atoms with E-state index in [1.165, 1.54) is 19.2 Å². The molecule has 0 amide bonds. The van der Waals surface area contributed by atoms with Crippen LogP contribution in [0.5, 0.6) is 5.75 Å². The topological polar surface area (TPSA) is 102 Å². The van der Waals surface area contributed by atoms with Crippen LogP contribution < -0.4 is 15.2 Å². The minimum absolute atomic E-state index is 0.0190. The van der Waals surface area contributed by atoms with Gasteiger partial charge in [0.2, 0.25) is 10.0 Å². The number of hydrogen-bond donors (Lipinski definition) is 3. The van der Waals surface area contributed by atoms with Gasteiger partial charge in [0.1, 0.15) is 10.6 Å². The van der Waals surface area contributed by atoms with Gasteiger partial charge in [0.15, 0.2) is 0 Å². The van der Waals surface area contributed by atoms with Gasteiger partial charge in [-0.25, -0.2) is 13.1 Å². The third-order valence-electron chi connectivity index (χ3n) is 3.81. The van der Waals surface area contributed by atoms with E-state index in [1.54, 1.807) is 0 Å². The van der Waals surface area contributed by atoms with Crippen LogP contribution in [0.25, 0.3) is 0 Å². The van der Waals surface area contributed by atoms with Crippen LogP contribution >= 0.6 is 15.9 Å². The third kappa shape index (κ3) is 3.68. The maximum Gasteiger partial charge on any atom is 0.244 e. The predicted octanol–water partition coefficient (Wildman–Crippen LogP) is 1.48. The van der Waals surface area contributed by atoms with Crippen LogP contribution in [0.4, 0.5) is 5.69 Å². The molecule has 0 spiro atoms. The average Bonchev–Trinajstić information content (AvgIpc) is 3.20. The van der Waals surface area contributed by atoms with Gasteiger partial charge in [-0.3, -0.25) is 0 Å². The van der Waals surface area contributed by atoms with Gasteiger partial charge in [-0.1, -0.05) is 0 Å². The van der Waals surface area contributed by atoms with Crippen LogP contribution in [0.2, 0.25) is 0 Å². The standard InChI is InChI=1S/C13H19BrN2O4S/c1-20-11-6-9(14)10(15)7-12(11)21(18,19)16-8-13(2-3-13)4-5-17/h6-7,16-17H,2-5,8,15H2,1H3. The summed E-state index contributed by atoms with van der Waals surface area (Å²) in [4.78, 5) is 0.0190. The molecule has 0 saturated heterocycles. The van der Waals surface area contributed by atoms with E-state index in [0.29, 0.717) is 23.1 Å². The quantitative estimate of drug-likeness (QED) is 0.623. The van der Waals surface area contributed by atoms with E-state index in [2.05, 4.69) is 20.7 Å². The number of aliphatic hydroxyl groups is 1. The van der Waals surface area contributed by atoms with E-state index < -0.39 is 10.0 Å². The largest absolute Gasteiger partial charge is 0.495 e. The molecule has 8 heteroatoms. The smallest absolute Gasteiger partial charge is 0.244 e. The van der Waals surface area contributed by atoms with E-state index in [9.17, 15) is 8.42 Å². The minimum atomic E-state index is -3.71. The van der Waals surface area contributed by atoms with E-state index in [-0.39, 0.29) is 22.7 Å². The molecule has 4 N–H and O–H groups in total. The molecule has 0 bridgehead atoms. The Bertz CT molecular complexity index is 629. The van der Waals surface area contributed by atoms with Crippen molar-refractivity contribution in [3.63, 3.8) is 0 Å². The van der Waals surface area contributed by atoms with Crippen LogP contribution in [0.3, 0.4) is 0 Å². The summed E-state index contributed by atoms with van der Waals surface area (Å²) in [6, 6.07) is 2.90. The Morgan fingerprint density at radius 3 is 2.67 bits per heavy atom. The summed E-state index contributed by atoms with van der Waals surface area (Å²) in [5.74, 6) is 0.232. The Balaban J connectivity index is 2.21. The molecule has 21 heavy (non-hydrogen) atoms. The SMILES string of the molecule is COc1cc(Br)c(N)cc1S(=O)(=O)NCC1(CCO)CC1. The van der Waals surface area contributed by atoms with Crippen LogP contribution in [-0.4, -0.2) is 33.8 Å². The van der Waals surface area contributed by atoms with Crippen molar-refractivity contribution in [3.8, 4) is 5.75 Å². The number of nitrogens with one attached hydrogen (secondary N) is 1. The molecule has 1 aromatic carbocycles. The highest BCUT2D eigenvalue weighted by atomic mass is 79.9. The molecule has 118 valence electrons. The highest BCUT2D eigenvalue weighted by Crippen LogP contribution is 2.48. The highest BCUT2D eigenvalue weighted by molar-refractivity contribution is 9.10. The van der Waals surface area contributed by atoms with Crippen molar-refractivity contribution in [2.75, 3.05) is 26.0 Å². The molecule has 0 radical (unpaired) electrons. The second kappa shape index (κ2) is 6.12. The first-order valence-electron chi connectivity index (χ1n) is 6.57. The van der Waals surface area contributed by atoms with Crippen molar-refractivity contribution in [1.82, 2.24) is 4.72 Å². The number of nitrogens with two attached hydrogens (primary N) is 1. The zero-order chi connectivity index (χ0) is 15.7. The fraction of sp³-hybridized carbons (Fsp3) is 0.538. The molecule has 1 saturated carbocycles. The Kier molecular flexibility index (Phi) is 4.82. The van der Waals surface area contributed by atoms with Gasteiger partial charge < -0.3 is 15.6 Å². The average molecular weight is 379 g/mol. The molecule has 2 rings (SSSR count). The molecule has 1 aliphatic rings. The fourth-order valence-corrected chi connectivity index (χ4v) is 3.84. The van der Waals surface area contributed by atoms with E-state index in [1.807, 2.05) is 0 Å². The number of aliphatic hydroxyl groups excluding tert-OH is 1. The first-order valence-corrected chi connectivity index (χ1v) is 8.85. The van der Waals surface area contributed by atoms with Gasteiger partial charge in [0, 0.05) is 23.3 Å². The van der Waals surface area contributed by atoms with E-state index in [4.69, 9.17) is 15.6 Å². The molecule has 1 fully saturated rings. The number of halogens is 1. The highest BCUT2D eigenvalue weighted by Gasteiger charge is 2.42. The van der Waals surface area contributed by atoms with Crippen LogP contribution in [0, 0.1) is 5.41 Å². The van der Waals surface area contributed by atoms with Crippen molar-refractivity contribution in [3.05, 3.63) is 16.6 Å². The molecular weight excluding hydrogens is 360 g/mol. The van der Waals surface area contributed by atoms with Crippen molar-refractivity contribution >= 4 is 31.6 Å². The van der Waals surface area contributed by atoms with Crippen molar-refractivity contribution in [2.45, 2.75) is 24.2 Å². The minimum Gasteiger partial charge on any atom is -0.495 e. The number of anilines is 1. The Morgan fingerprint density at radius 2 is 2.14 bits per heavy atom. The van der Waals surface area contributed by atoms with Crippen LogP contribution in [0.1, 0.15) is 19.3 Å². The first kappa shape index (κ1) is 16.5. The third-order valence-corrected chi connectivity index (χ3v) is 5.92. The molecule has 0 heterocycles. The Labute approximate surface area is 132 Å². The second-order valence-corrected chi connectivity index (χ2v) is 7.91. The lowest BCUT2D eigenvalue weighted by Gasteiger charge is -2.16. The first-order chi connectivity index (χ1) is 9.83. The summed E-state index contributed by atoms with van der Waals surface area (Å²) in [6.07, 6.45) is 2.46. The van der Waals surface area contributed by atoms with Crippen molar-refractivity contribution in [1.29, 1.82) is 0 Å². The summed E-state index contributed by atoms with van der Waals surface area (Å²) in [6.45, 7) is 0.380. The molecule has 0 unspecified atom stereocenters. The van der Waals surface area contributed by atoms with Gasteiger partial charge in [0.05, 0.1) is 7.11 Å². The monoisotopic (exact) mass is 378 g/mol. The lowest BCUT2D eigenvalue weighted by Crippen LogP contribution is -2.31. The second-order valence-electron chi connectivity index (χ2n) is 5.32. The normalized spacial score (nSPS) is 16.7. The van der Waals surface area contributed by atoms with E-state index in [0.717, 1.165) is 12.8 Å². The Hall–Kier alpha value is -0.830.